The summed E-state index contributed by atoms with van der Waals surface area (Å²) in [6, 6.07) is 13.7. The second kappa shape index (κ2) is 8.86. The fraction of sp³-hybridized carbons (Fsp3) is 0.273. The molecular formula is C22H23FN4O3. The largest absolute Gasteiger partial charge is 0.454 e. The minimum Gasteiger partial charge on any atom is -0.454 e. The van der Waals surface area contributed by atoms with E-state index in [2.05, 4.69) is 15.5 Å². The lowest BCUT2D eigenvalue weighted by Gasteiger charge is -2.17. The molecule has 7 nitrogen and oxygen atoms in total. The van der Waals surface area contributed by atoms with Gasteiger partial charge in [-0.2, -0.15) is 5.10 Å². The summed E-state index contributed by atoms with van der Waals surface area (Å²) in [6.07, 6.45) is 1.51. The highest BCUT2D eigenvalue weighted by molar-refractivity contribution is 5.73. The molecule has 0 saturated heterocycles. The summed E-state index contributed by atoms with van der Waals surface area (Å²) in [7, 11) is 1.76. The average molecular weight is 410 g/mol. The molecule has 0 fully saturated rings. The van der Waals surface area contributed by atoms with Gasteiger partial charge in [-0.1, -0.05) is 18.2 Å². The van der Waals surface area contributed by atoms with Gasteiger partial charge < -0.3 is 19.7 Å². The van der Waals surface area contributed by atoms with Crippen molar-refractivity contribution in [1.29, 1.82) is 0 Å². The lowest BCUT2D eigenvalue weighted by molar-refractivity contribution is 0.174. The molecule has 0 atom stereocenters. The molecule has 1 aromatic heterocycles. The van der Waals surface area contributed by atoms with Crippen LogP contribution in [-0.2, 0) is 13.0 Å². The first kappa shape index (κ1) is 19.8. The first-order chi connectivity index (χ1) is 14.6. The third-order valence-corrected chi connectivity index (χ3v) is 4.92. The molecule has 0 radical (unpaired) electrons. The van der Waals surface area contributed by atoms with E-state index < -0.39 is 0 Å². The van der Waals surface area contributed by atoms with E-state index in [-0.39, 0.29) is 18.6 Å². The number of carbonyl (C=O) groups is 1. The number of ether oxygens (including phenoxy) is 2. The van der Waals surface area contributed by atoms with Crippen molar-refractivity contribution in [3.05, 3.63) is 65.6 Å². The van der Waals surface area contributed by atoms with Crippen molar-refractivity contribution in [2.45, 2.75) is 19.4 Å². The van der Waals surface area contributed by atoms with E-state index in [0.717, 1.165) is 35.4 Å². The van der Waals surface area contributed by atoms with Crippen LogP contribution in [0.2, 0.25) is 0 Å². The van der Waals surface area contributed by atoms with Gasteiger partial charge in [-0.3, -0.25) is 5.10 Å². The van der Waals surface area contributed by atoms with Gasteiger partial charge in [0.05, 0.1) is 5.69 Å². The van der Waals surface area contributed by atoms with Crippen molar-refractivity contribution in [3.63, 3.8) is 0 Å². The van der Waals surface area contributed by atoms with Gasteiger partial charge in [0.25, 0.3) is 0 Å². The Morgan fingerprint density at radius 3 is 2.93 bits per heavy atom. The van der Waals surface area contributed by atoms with Crippen LogP contribution in [0.15, 0.2) is 48.5 Å². The van der Waals surface area contributed by atoms with Crippen LogP contribution in [0.5, 0.6) is 11.5 Å². The van der Waals surface area contributed by atoms with Crippen LogP contribution in [0.1, 0.15) is 17.7 Å². The summed E-state index contributed by atoms with van der Waals surface area (Å²) < 4.78 is 24.0. The Labute approximate surface area is 173 Å². The number of aryl methyl sites for hydroxylation is 1. The highest BCUT2D eigenvalue weighted by atomic mass is 19.1. The van der Waals surface area contributed by atoms with Crippen LogP contribution in [0.25, 0.3) is 11.3 Å². The maximum atomic E-state index is 13.4. The number of aromatic amines is 1. The molecule has 30 heavy (non-hydrogen) atoms. The Morgan fingerprint density at radius 1 is 1.20 bits per heavy atom. The molecule has 8 heteroatoms. The van der Waals surface area contributed by atoms with Gasteiger partial charge in [0, 0.05) is 31.4 Å². The molecule has 1 aliphatic rings. The summed E-state index contributed by atoms with van der Waals surface area (Å²) in [6.45, 7) is 1.24. The molecule has 2 N–H and O–H groups in total. The van der Waals surface area contributed by atoms with Crippen molar-refractivity contribution < 1.29 is 18.7 Å². The molecule has 2 amide bonds. The van der Waals surface area contributed by atoms with Gasteiger partial charge in [-0.05, 0) is 48.7 Å². The van der Waals surface area contributed by atoms with Crippen LogP contribution < -0.4 is 14.8 Å². The molecule has 0 aliphatic carbocycles. The van der Waals surface area contributed by atoms with E-state index in [4.69, 9.17) is 9.47 Å². The van der Waals surface area contributed by atoms with Gasteiger partial charge in [-0.15, -0.1) is 0 Å². The van der Waals surface area contributed by atoms with E-state index in [1.54, 1.807) is 18.0 Å². The van der Waals surface area contributed by atoms with Crippen LogP contribution in [0.4, 0.5) is 9.18 Å². The van der Waals surface area contributed by atoms with Gasteiger partial charge in [-0.25, -0.2) is 9.18 Å². The maximum absolute atomic E-state index is 13.4. The first-order valence-corrected chi connectivity index (χ1v) is 9.76. The molecular weight excluding hydrogens is 387 g/mol. The average Bonchev–Trinajstić information content (AvgIpc) is 3.41. The fourth-order valence-electron chi connectivity index (χ4n) is 3.26. The number of nitrogens with zero attached hydrogens (tertiary/aromatic N) is 2. The molecule has 0 spiro atoms. The van der Waals surface area contributed by atoms with E-state index in [0.29, 0.717) is 24.5 Å². The smallest absolute Gasteiger partial charge is 0.317 e. The van der Waals surface area contributed by atoms with E-state index in [1.807, 2.05) is 30.3 Å². The zero-order valence-corrected chi connectivity index (χ0v) is 16.7. The van der Waals surface area contributed by atoms with Gasteiger partial charge in [0.15, 0.2) is 11.5 Å². The number of aromatic nitrogens is 2. The maximum Gasteiger partial charge on any atom is 0.317 e. The standard InChI is InChI=1S/C22H23FN4O3/c1-27(22(28)24-13-15-7-8-20-21(10-15)30-14-29-20)9-3-6-18-12-19(26-25-18)16-4-2-5-17(23)11-16/h2,4-5,7-8,10-12H,3,6,9,13-14H2,1H3,(H,24,28)(H,25,26). The van der Waals surface area contributed by atoms with Crippen LogP contribution >= 0.6 is 0 Å². The number of fused-ring (bicyclic) bond motifs is 1. The SMILES string of the molecule is CN(CCCc1cc(-c2cccc(F)c2)n[nH]1)C(=O)NCc1ccc2c(c1)OCO2. The number of urea groups is 1. The normalized spacial score (nSPS) is 12.1. The highest BCUT2D eigenvalue weighted by Crippen LogP contribution is 2.32. The number of halogens is 1. The molecule has 4 rings (SSSR count). The Hall–Kier alpha value is -3.55. The lowest BCUT2D eigenvalue weighted by Crippen LogP contribution is -2.37. The monoisotopic (exact) mass is 410 g/mol. The van der Waals surface area contributed by atoms with E-state index in [1.165, 1.54) is 12.1 Å². The predicted molar refractivity (Wildman–Crippen MR) is 110 cm³/mol. The number of hydrogen-bond acceptors (Lipinski definition) is 4. The quantitative estimate of drug-likeness (QED) is 0.622. The summed E-state index contributed by atoms with van der Waals surface area (Å²) >= 11 is 0. The zero-order valence-electron chi connectivity index (χ0n) is 16.7. The summed E-state index contributed by atoms with van der Waals surface area (Å²) in [5, 5.41) is 10.1. The third-order valence-electron chi connectivity index (χ3n) is 4.92. The predicted octanol–water partition coefficient (Wildman–Crippen LogP) is 3.72. The van der Waals surface area contributed by atoms with Crippen LogP contribution in [0, 0.1) is 5.82 Å². The first-order valence-electron chi connectivity index (χ1n) is 9.76. The zero-order chi connectivity index (χ0) is 20.9. The fourth-order valence-corrected chi connectivity index (χ4v) is 3.26. The molecule has 1 aliphatic heterocycles. The Kier molecular flexibility index (Phi) is 5.83. The number of nitrogens with one attached hydrogen (secondary N) is 2. The Bertz CT molecular complexity index is 1040. The topological polar surface area (TPSA) is 79.5 Å². The highest BCUT2D eigenvalue weighted by Gasteiger charge is 2.14. The van der Waals surface area contributed by atoms with Crippen molar-refractivity contribution in [3.8, 4) is 22.8 Å². The lowest BCUT2D eigenvalue weighted by atomic mass is 10.1. The number of rotatable bonds is 7. The molecule has 2 heterocycles. The van der Waals surface area contributed by atoms with Gasteiger partial charge in [0.1, 0.15) is 5.82 Å². The van der Waals surface area contributed by atoms with Crippen LogP contribution in [-0.4, -0.2) is 41.5 Å². The number of carbonyl (C=O) groups excluding carboxylic acids is 1. The number of benzene rings is 2. The van der Waals surface area contributed by atoms with Gasteiger partial charge in [0.2, 0.25) is 6.79 Å². The van der Waals surface area contributed by atoms with Crippen molar-refractivity contribution in [2.75, 3.05) is 20.4 Å². The summed E-state index contributed by atoms with van der Waals surface area (Å²) in [5.41, 5.74) is 3.34. The van der Waals surface area contributed by atoms with Crippen molar-refractivity contribution in [2.24, 2.45) is 0 Å². The van der Waals surface area contributed by atoms with Gasteiger partial charge >= 0.3 is 6.03 Å². The van der Waals surface area contributed by atoms with E-state index >= 15 is 0 Å². The minimum absolute atomic E-state index is 0.141. The summed E-state index contributed by atoms with van der Waals surface area (Å²) in [4.78, 5) is 14.0. The summed E-state index contributed by atoms with van der Waals surface area (Å²) in [5.74, 6) is 1.14. The molecule has 2 aromatic carbocycles. The molecule has 0 saturated carbocycles. The third kappa shape index (κ3) is 4.71. The van der Waals surface area contributed by atoms with Crippen molar-refractivity contribution >= 4 is 6.03 Å². The number of amides is 2. The Morgan fingerprint density at radius 2 is 2.07 bits per heavy atom. The minimum atomic E-state index is -0.287. The number of H-pyrrole nitrogens is 1. The second-order valence-electron chi connectivity index (χ2n) is 7.16. The molecule has 156 valence electrons. The van der Waals surface area contributed by atoms with Crippen LogP contribution in [0.3, 0.4) is 0 Å². The molecule has 0 bridgehead atoms. The molecule has 0 unspecified atom stereocenters. The van der Waals surface area contributed by atoms with Crippen molar-refractivity contribution in [1.82, 2.24) is 20.4 Å². The van der Waals surface area contributed by atoms with E-state index in [9.17, 15) is 9.18 Å². The Balaban J connectivity index is 1.22. The number of hydrogen-bond donors (Lipinski definition) is 2. The molecule has 3 aromatic rings. The second-order valence-corrected chi connectivity index (χ2v) is 7.16.